The molecule has 0 spiro atoms. The maximum Gasteiger partial charge on any atom is 0.258 e. The summed E-state index contributed by atoms with van der Waals surface area (Å²) in [6, 6.07) is 13.5. The molecule has 2 aromatic carbocycles. The van der Waals surface area contributed by atoms with Crippen LogP contribution in [0.4, 0.5) is 11.4 Å². The number of anilines is 2. The van der Waals surface area contributed by atoms with Gasteiger partial charge in [-0.1, -0.05) is 12.1 Å². The lowest BCUT2D eigenvalue weighted by Crippen LogP contribution is -2.46. The van der Waals surface area contributed by atoms with E-state index in [1.807, 2.05) is 23.1 Å². The summed E-state index contributed by atoms with van der Waals surface area (Å²) in [6.45, 7) is 5.98. The molecule has 0 bridgehead atoms. The van der Waals surface area contributed by atoms with Crippen molar-refractivity contribution in [1.29, 1.82) is 0 Å². The zero-order chi connectivity index (χ0) is 20.2. The van der Waals surface area contributed by atoms with Gasteiger partial charge in [0.15, 0.2) is 0 Å². The highest BCUT2D eigenvalue weighted by Gasteiger charge is 2.28. The number of rotatable bonds is 6. The van der Waals surface area contributed by atoms with Gasteiger partial charge in [0.25, 0.3) is 5.91 Å². The van der Waals surface area contributed by atoms with E-state index >= 15 is 0 Å². The molecule has 0 atom stereocenters. The Bertz CT molecular complexity index is 842. The second-order valence-electron chi connectivity index (χ2n) is 7.58. The van der Waals surface area contributed by atoms with Gasteiger partial charge in [0.2, 0.25) is 0 Å². The topological polar surface area (TPSA) is 45.3 Å². The van der Waals surface area contributed by atoms with Crippen molar-refractivity contribution in [2.24, 2.45) is 0 Å². The fourth-order valence-corrected chi connectivity index (χ4v) is 4.22. The molecule has 1 fully saturated rings. The Labute approximate surface area is 172 Å². The number of carbonyl (C=O) groups excluding carboxylic acids is 1. The number of carbonyl (C=O) groups is 1. The highest BCUT2D eigenvalue weighted by molar-refractivity contribution is 6.08. The van der Waals surface area contributed by atoms with Crippen LogP contribution in [0.25, 0.3) is 0 Å². The van der Waals surface area contributed by atoms with Gasteiger partial charge in [-0.25, -0.2) is 0 Å². The van der Waals surface area contributed by atoms with Gasteiger partial charge in [-0.2, -0.15) is 0 Å². The molecule has 29 heavy (non-hydrogen) atoms. The standard InChI is InChI=1S/C23H29N3O3/c1-28-19-15-18(16-20(17-19)29-2)23(27)26-14-13-25(12-11-24-9-5-6-10-24)21-7-3-4-8-22(21)26/h3-4,7-8,15-17H,5-6,9-14H2,1-2H3. The number of likely N-dealkylation sites (tertiary alicyclic amines) is 1. The highest BCUT2D eigenvalue weighted by Crippen LogP contribution is 2.34. The number of nitrogens with zero attached hydrogens (tertiary/aromatic N) is 3. The number of benzene rings is 2. The van der Waals surface area contributed by atoms with Crippen LogP contribution in [-0.2, 0) is 0 Å². The number of hydrogen-bond acceptors (Lipinski definition) is 5. The Morgan fingerprint density at radius 1 is 0.862 bits per heavy atom. The van der Waals surface area contributed by atoms with Gasteiger partial charge in [0, 0.05) is 37.8 Å². The fourth-order valence-electron chi connectivity index (χ4n) is 4.22. The summed E-state index contributed by atoms with van der Waals surface area (Å²) in [5, 5.41) is 0. The van der Waals surface area contributed by atoms with E-state index < -0.39 is 0 Å². The number of ether oxygens (including phenoxy) is 2. The first-order valence-corrected chi connectivity index (χ1v) is 10.3. The summed E-state index contributed by atoms with van der Waals surface area (Å²) >= 11 is 0. The summed E-state index contributed by atoms with van der Waals surface area (Å²) in [5.41, 5.74) is 2.66. The molecule has 0 aromatic heterocycles. The summed E-state index contributed by atoms with van der Waals surface area (Å²) in [6.07, 6.45) is 2.62. The van der Waals surface area contributed by atoms with Crippen LogP contribution < -0.4 is 19.3 Å². The van der Waals surface area contributed by atoms with E-state index in [0.29, 0.717) is 23.6 Å². The second-order valence-corrected chi connectivity index (χ2v) is 7.58. The van der Waals surface area contributed by atoms with Crippen LogP contribution in [0.5, 0.6) is 11.5 Å². The minimum absolute atomic E-state index is 0.0335. The Balaban J connectivity index is 1.56. The minimum atomic E-state index is -0.0335. The average Bonchev–Trinajstić information content (AvgIpc) is 3.30. The number of para-hydroxylation sites is 2. The number of methoxy groups -OCH3 is 2. The van der Waals surface area contributed by atoms with Gasteiger partial charge in [0.05, 0.1) is 25.6 Å². The molecule has 2 heterocycles. The average molecular weight is 396 g/mol. The molecule has 2 aromatic rings. The van der Waals surface area contributed by atoms with Crippen LogP contribution in [0.1, 0.15) is 23.2 Å². The molecule has 0 unspecified atom stereocenters. The maximum atomic E-state index is 13.4. The van der Waals surface area contributed by atoms with E-state index in [1.165, 1.54) is 25.9 Å². The zero-order valence-electron chi connectivity index (χ0n) is 17.3. The normalized spacial score (nSPS) is 16.6. The third kappa shape index (κ3) is 4.17. The van der Waals surface area contributed by atoms with Gasteiger partial charge >= 0.3 is 0 Å². The fraction of sp³-hybridized carbons (Fsp3) is 0.435. The smallest absolute Gasteiger partial charge is 0.258 e. The Morgan fingerprint density at radius 3 is 2.17 bits per heavy atom. The van der Waals surface area contributed by atoms with Crippen molar-refractivity contribution in [3.8, 4) is 11.5 Å². The number of fused-ring (bicyclic) bond motifs is 1. The summed E-state index contributed by atoms with van der Waals surface area (Å²) in [4.78, 5) is 20.2. The van der Waals surface area contributed by atoms with Crippen LogP contribution in [-0.4, -0.2) is 64.3 Å². The van der Waals surface area contributed by atoms with Crippen molar-refractivity contribution < 1.29 is 14.3 Å². The Hall–Kier alpha value is -2.73. The van der Waals surface area contributed by atoms with Crippen molar-refractivity contribution in [2.45, 2.75) is 12.8 Å². The predicted octanol–water partition coefficient (Wildman–Crippen LogP) is 3.27. The first-order valence-electron chi connectivity index (χ1n) is 10.3. The molecule has 0 saturated carbocycles. The molecule has 2 aliphatic heterocycles. The largest absolute Gasteiger partial charge is 0.497 e. The molecule has 6 nitrogen and oxygen atoms in total. The highest BCUT2D eigenvalue weighted by atomic mass is 16.5. The van der Waals surface area contributed by atoms with Crippen LogP contribution in [0.2, 0.25) is 0 Å². The number of hydrogen-bond donors (Lipinski definition) is 0. The zero-order valence-corrected chi connectivity index (χ0v) is 17.3. The van der Waals surface area contributed by atoms with Crippen LogP contribution in [0, 0.1) is 0 Å². The molecule has 4 rings (SSSR count). The van der Waals surface area contributed by atoms with Crippen molar-refractivity contribution >= 4 is 17.3 Å². The van der Waals surface area contributed by atoms with Gasteiger partial charge in [-0.15, -0.1) is 0 Å². The lowest BCUT2D eigenvalue weighted by molar-refractivity contribution is 0.0986. The first kappa shape index (κ1) is 19.6. The van der Waals surface area contributed by atoms with E-state index in [9.17, 15) is 4.79 Å². The molecule has 0 N–H and O–H groups in total. The van der Waals surface area contributed by atoms with E-state index in [0.717, 1.165) is 31.0 Å². The predicted molar refractivity (Wildman–Crippen MR) is 116 cm³/mol. The molecular formula is C23H29N3O3. The van der Waals surface area contributed by atoms with Gasteiger partial charge < -0.3 is 24.2 Å². The van der Waals surface area contributed by atoms with Crippen molar-refractivity contribution in [1.82, 2.24) is 4.90 Å². The quantitative estimate of drug-likeness (QED) is 0.751. The van der Waals surface area contributed by atoms with Crippen LogP contribution >= 0.6 is 0 Å². The third-order valence-corrected chi connectivity index (χ3v) is 5.84. The minimum Gasteiger partial charge on any atom is -0.497 e. The molecule has 1 amide bonds. The summed E-state index contributed by atoms with van der Waals surface area (Å²) < 4.78 is 10.7. The van der Waals surface area contributed by atoms with Gasteiger partial charge in [-0.3, -0.25) is 4.79 Å². The lowest BCUT2D eigenvalue weighted by Gasteiger charge is -2.38. The van der Waals surface area contributed by atoms with E-state index in [1.54, 1.807) is 32.4 Å². The number of amides is 1. The molecule has 154 valence electrons. The van der Waals surface area contributed by atoms with Crippen LogP contribution in [0.15, 0.2) is 42.5 Å². The molecule has 0 aliphatic carbocycles. The monoisotopic (exact) mass is 395 g/mol. The Morgan fingerprint density at radius 2 is 1.52 bits per heavy atom. The van der Waals surface area contributed by atoms with Gasteiger partial charge in [0.1, 0.15) is 11.5 Å². The second kappa shape index (κ2) is 8.74. The Kier molecular flexibility index (Phi) is 5.90. The molecule has 2 aliphatic rings. The molecule has 6 heteroatoms. The van der Waals surface area contributed by atoms with Crippen molar-refractivity contribution in [3.05, 3.63) is 48.0 Å². The SMILES string of the molecule is COc1cc(OC)cc(C(=O)N2CCN(CCN3CCCC3)c3ccccc32)c1. The van der Waals surface area contributed by atoms with Gasteiger partial charge in [-0.05, 0) is 50.2 Å². The van der Waals surface area contributed by atoms with Crippen molar-refractivity contribution in [2.75, 3.05) is 63.3 Å². The van der Waals surface area contributed by atoms with E-state index in [-0.39, 0.29) is 5.91 Å². The molecular weight excluding hydrogens is 366 g/mol. The molecule has 0 radical (unpaired) electrons. The summed E-state index contributed by atoms with van der Waals surface area (Å²) in [5.74, 6) is 1.20. The first-order chi connectivity index (χ1) is 14.2. The lowest BCUT2D eigenvalue weighted by atomic mass is 10.1. The molecule has 1 saturated heterocycles. The maximum absolute atomic E-state index is 13.4. The van der Waals surface area contributed by atoms with E-state index in [2.05, 4.69) is 15.9 Å². The van der Waals surface area contributed by atoms with E-state index in [4.69, 9.17) is 9.47 Å². The van der Waals surface area contributed by atoms with Crippen LogP contribution in [0.3, 0.4) is 0 Å². The summed E-state index contributed by atoms with van der Waals surface area (Å²) in [7, 11) is 3.19. The third-order valence-electron chi connectivity index (χ3n) is 5.84. The van der Waals surface area contributed by atoms with Crippen molar-refractivity contribution in [3.63, 3.8) is 0 Å².